The van der Waals surface area contributed by atoms with Crippen LogP contribution in [0.15, 0.2) is 47.5 Å². The third-order valence-corrected chi connectivity index (χ3v) is 13.8. The molecule has 0 unspecified atom stereocenters. The van der Waals surface area contributed by atoms with Gasteiger partial charge in [0.15, 0.2) is 5.96 Å². The monoisotopic (exact) mass is 937 g/mol. The third kappa shape index (κ3) is 15.0. The molecule has 0 bridgehead atoms. The Bertz CT molecular complexity index is 1850. The van der Waals surface area contributed by atoms with E-state index in [2.05, 4.69) is 24.1 Å². The number of carbonyl (C=O) groups is 6. The van der Waals surface area contributed by atoms with E-state index in [-0.39, 0.29) is 48.3 Å². The van der Waals surface area contributed by atoms with Gasteiger partial charge in [-0.2, -0.15) is 0 Å². The molecule has 0 spiro atoms. The number of likely N-dealkylation sites (N-methyl/N-ethyl adjacent to an activating group) is 1. The molecule has 3 heterocycles. The summed E-state index contributed by atoms with van der Waals surface area (Å²) < 4.78 is 12.0. The van der Waals surface area contributed by atoms with Crippen molar-refractivity contribution in [1.82, 2.24) is 34.7 Å². The number of aliphatic carboxylic acids is 1. The van der Waals surface area contributed by atoms with Crippen molar-refractivity contribution >= 4 is 41.5 Å². The third-order valence-electron chi connectivity index (χ3n) is 13.8. The number of hydrogen-bond acceptors (Lipinski definition) is 9. The van der Waals surface area contributed by atoms with Crippen LogP contribution < -0.4 is 5.32 Å². The minimum absolute atomic E-state index is 0.00626. The number of likely N-dealkylation sites (tertiary alicyclic amines) is 1. The number of nitrogens with zero attached hydrogens (tertiary/aromatic N) is 7. The van der Waals surface area contributed by atoms with Crippen molar-refractivity contribution in [3.63, 3.8) is 0 Å². The number of guanidine groups is 1. The number of carbonyl (C=O) groups excluding carboxylic acids is 5. The van der Waals surface area contributed by atoms with Crippen LogP contribution in [-0.2, 0) is 44.7 Å². The number of carboxylic acids is 1. The first-order valence-corrected chi connectivity index (χ1v) is 24.4. The van der Waals surface area contributed by atoms with Crippen molar-refractivity contribution in [1.29, 1.82) is 0 Å². The summed E-state index contributed by atoms with van der Waals surface area (Å²) in [5.74, 6) is -2.08. The first-order valence-electron chi connectivity index (χ1n) is 24.4. The van der Waals surface area contributed by atoms with Crippen molar-refractivity contribution in [3.05, 3.63) is 48.0 Å². The topological polar surface area (TPSA) is 185 Å². The van der Waals surface area contributed by atoms with Gasteiger partial charge in [0, 0.05) is 100 Å². The Hall–Kier alpha value is -5.03. The molecule has 1 aromatic carbocycles. The summed E-state index contributed by atoms with van der Waals surface area (Å²) in [7, 11) is 8.66. The normalized spacial score (nSPS) is 19.8. The second-order valence-electron chi connectivity index (χ2n) is 19.1. The molecule has 374 valence electrons. The molecule has 8 atom stereocenters. The van der Waals surface area contributed by atoms with E-state index in [1.807, 2.05) is 79.1 Å². The molecule has 2 fully saturated rings. The number of carboxylic acid groups (broad SMARTS) is 1. The highest BCUT2D eigenvalue weighted by Gasteiger charge is 2.43. The lowest BCUT2D eigenvalue weighted by atomic mass is 9.89. The molecular weight excluding hydrogens is 857 g/mol. The SMILES string of the molecule is CC[C@H](C)[C@@H]([C@@H](CC(=O)N1CCC[C@H]1[C@H](OC)[C@@H](C)C(=O)N[C@@H](Cc1ccccc1)C(=O)O)OC)N(C)C(=O)[C@@H](N=C(N(C)C)N1CCN(C(=O)CCCCCN2CC=CC2=O)CC1)C(C)C. The smallest absolute Gasteiger partial charge is 0.326 e. The van der Waals surface area contributed by atoms with Crippen LogP contribution in [0.2, 0.25) is 0 Å². The summed E-state index contributed by atoms with van der Waals surface area (Å²) in [6, 6.07) is 6.35. The van der Waals surface area contributed by atoms with Crippen LogP contribution in [0.1, 0.15) is 91.5 Å². The number of ether oxygens (including phenoxy) is 2. The highest BCUT2D eigenvalue weighted by molar-refractivity contribution is 5.90. The van der Waals surface area contributed by atoms with Crippen LogP contribution in [0.3, 0.4) is 0 Å². The molecule has 4 rings (SSSR count). The molecule has 2 N–H and O–H groups in total. The van der Waals surface area contributed by atoms with Crippen LogP contribution in [-0.4, -0.2) is 194 Å². The zero-order chi connectivity index (χ0) is 49.4. The Morgan fingerprint density at radius 2 is 1.57 bits per heavy atom. The standard InChI is InChI=1S/C50H80N8O9/c1-11-35(4)45(40(66-9)33-43(61)58-27-18-22-39(58)46(67-10)36(5)47(62)51-38(49(64)65)32-37-20-14-12-15-21-37)54(8)48(63)44(34(2)3)52-50(53(6)7)57-30-28-56(29-31-57)41(59)23-16-13-17-25-55-26-19-24-42(55)60/h12,14-15,19-21,24,34-36,38-40,44-46H,11,13,16-18,22-23,25-33H2,1-10H3,(H,51,62)(H,64,65)/t35-,36+,38-,39-,40+,44-,45-,46+/m0/s1. The van der Waals surface area contributed by atoms with Crippen LogP contribution in [0.4, 0.5) is 0 Å². The summed E-state index contributed by atoms with van der Waals surface area (Å²) in [6.45, 7) is 13.9. The summed E-state index contributed by atoms with van der Waals surface area (Å²) in [5, 5.41) is 12.7. The lowest BCUT2D eigenvalue weighted by molar-refractivity contribution is -0.147. The Morgan fingerprint density at radius 1 is 0.896 bits per heavy atom. The Balaban J connectivity index is 1.41. The zero-order valence-corrected chi connectivity index (χ0v) is 41.9. The fourth-order valence-electron chi connectivity index (χ4n) is 9.71. The largest absolute Gasteiger partial charge is 0.480 e. The lowest BCUT2D eigenvalue weighted by Crippen LogP contribution is -2.56. The number of hydrogen-bond donors (Lipinski definition) is 2. The van der Waals surface area contributed by atoms with Crippen molar-refractivity contribution in [3.8, 4) is 0 Å². The molecule has 0 aromatic heterocycles. The van der Waals surface area contributed by atoms with E-state index in [4.69, 9.17) is 14.5 Å². The number of benzene rings is 1. The Labute approximate surface area is 399 Å². The number of methoxy groups -OCH3 is 2. The van der Waals surface area contributed by atoms with E-state index in [0.717, 1.165) is 31.2 Å². The molecule has 67 heavy (non-hydrogen) atoms. The molecule has 17 nitrogen and oxygen atoms in total. The van der Waals surface area contributed by atoms with E-state index in [1.54, 1.807) is 37.0 Å². The number of nitrogens with one attached hydrogen (secondary N) is 1. The maximum atomic E-state index is 14.7. The predicted molar refractivity (Wildman–Crippen MR) is 258 cm³/mol. The number of unbranched alkanes of at least 4 members (excludes halogenated alkanes) is 2. The van der Waals surface area contributed by atoms with Gasteiger partial charge in [-0.3, -0.25) is 24.0 Å². The second kappa shape index (κ2) is 26.5. The molecule has 0 saturated carbocycles. The molecule has 3 aliphatic rings. The van der Waals surface area contributed by atoms with Gasteiger partial charge in [-0.05, 0) is 43.1 Å². The molecule has 2 saturated heterocycles. The van der Waals surface area contributed by atoms with Crippen LogP contribution in [0, 0.1) is 17.8 Å². The van der Waals surface area contributed by atoms with Crippen LogP contribution in [0.5, 0.6) is 0 Å². The number of piperazine rings is 1. The molecule has 3 aliphatic heterocycles. The quantitative estimate of drug-likeness (QED) is 0.0875. The minimum atomic E-state index is -1.14. The molecule has 0 radical (unpaired) electrons. The van der Waals surface area contributed by atoms with Crippen LogP contribution in [0.25, 0.3) is 0 Å². The molecule has 1 aromatic rings. The maximum Gasteiger partial charge on any atom is 0.326 e. The van der Waals surface area contributed by atoms with Gasteiger partial charge >= 0.3 is 5.97 Å². The summed E-state index contributed by atoms with van der Waals surface area (Å²) in [5.41, 5.74) is 0.783. The fourth-order valence-corrected chi connectivity index (χ4v) is 9.71. The van der Waals surface area contributed by atoms with Gasteiger partial charge in [-0.1, -0.05) is 83.9 Å². The average Bonchev–Trinajstić information content (AvgIpc) is 3.97. The van der Waals surface area contributed by atoms with E-state index < -0.39 is 54.2 Å². The summed E-state index contributed by atoms with van der Waals surface area (Å²) >= 11 is 0. The zero-order valence-electron chi connectivity index (χ0n) is 41.9. The molecule has 17 heteroatoms. The van der Waals surface area contributed by atoms with Gasteiger partial charge in [0.2, 0.25) is 29.5 Å². The summed E-state index contributed by atoms with van der Waals surface area (Å²) in [6.07, 6.45) is 7.29. The van der Waals surface area contributed by atoms with Crippen molar-refractivity contribution in [2.45, 2.75) is 129 Å². The predicted octanol–water partition coefficient (Wildman–Crippen LogP) is 3.76. The Morgan fingerprint density at radius 3 is 2.13 bits per heavy atom. The Kier molecular flexibility index (Phi) is 21.6. The number of amides is 5. The molecular formula is C50H80N8O9. The van der Waals surface area contributed by atoms with Gasteiger partial charge in [0.05, 0.1) is 36.6 Å². The second-order valence-corrected chi connectivity index (χ2v) is 19.1. The van der Waals surface area contributed by atoms with Crippen LogP contribution >= 0.6 is 0 Å². The average molecular weight is 937 g/mol. The van der Waals surface area contributed by atoms with Gasteiger partial charge < -0.3 is 49.3 Å². The number of rotatable bonds is 24. The highest BCUT2D eigenvalue weighted by Crippen LogP contribution is 2.30. The first-order chi connectivity index (χ1) is 31.9. The van der Waals surface area contributed by atoms with Crippen molar-refractivity contribution < 1.29 is 43.3 Å². The fraction of sp³-hybridized carbons (Fsp3) is 0.700. The van der Waals surface area contributed by atoms with E-state index in [0.29, 0.717) is 71.0 Å². The van der Waals surface area contributed by atoms with E-state index >= 15 is 0 Å². The minimum Gasteiger partial charge on any atom is -0.480 e. The van der Waals surface area contributed by atoms with Gasteiger partial charge in [0.25, 0.3) is 0 Å². The van der Waals surface area contributed by atoms with Crippen molar-refractivity contribution in [2.24, 2.45) is 22.7 Å². The van der Waals surface area contributed by atoms with Gasteiger partial charge in [-0.15, -0.1) is 0 Å². The maximum absolute atomic E-state index is 14.7. The highest BCUT2D eigenvalue weighted by atomic mass is 16.5. The summed E-state index contributed by atoms with van der Waals surface area (Å²) in [4.78, 5) is 96.3. The number of aliphatic imine (C=N–C) groups is 1. The molecule has 0 aliphatic carbocycles. The lowest BCUT2D eigenvalue weighted by Gasteiger charge is -2.41. The van der Waals surface area contributed by atoms with E-state index in [9.17, 15) is 33.9 Å². The van der Waals surface area contributed by atoms with E-state index in [1.165, 1.54) is 7.11 Å². The first kappa shape index (κ1) is 54.6. The molecule has 5 amide bonds. The van der Waals surface area contributed by atoms with Gasteiger partial charge in [-0.25, -0.2) is 9.79 Å². The van der Waals surface area contributed by atoms with Crippen molar-refractivity contribution in [2.75, 3.05) is 81.2 Å². The van der Waals surface area contributed by atoms with Gasteiger partial charge in [0.1, 0.15) is 12.1 Å².